The molecule has 1 fully saturated rings. The Hall–Kier alpha value is 0.460. The Balaban J connectivity index is 1.86. The van der Waals surface area contributed by atoms with Crippen molar-refractivity contribution in [1.82, 2.24) is 4.98 Å². The SMILES string of the molecule is Cc1csc(SCC2(CBr)CC2)n1. The third-order valence-electron chi connectivity index (χ3n) is 2.34. The minimum absolute atomic E-state index is 0.601. The van der Waals surface area contributed by atoms with Crippen molar-refractivity contribution < 1.29 is 0 Å². The molecule has 0 aliphatic heterocycles. The van der Waals surface area contributed by atoms with E-state index in [4.69, 9.17) is 0 Å². The molecule has 1 aromatic heterocycles. The summed E-state index contributed by atoms with van der Waals surface area (Å²) in [6.07, 6.45) is 2.77. The molecule has 0 bridgehead atoms. The Morgan fingerprint density at radius 1 is 1.69 bits per heavy atom. The van der Waals surface area contributed by atoms with E-state index < -0.39 is 0 Å². The summed E-state index contributed by atoms with van der Waals surface area (Å²) in [4.78, 5) is 4.44. The first kappa shape index (κ1) is 9.99. The number of aromatic nitrogens is 1. The fraction of sp³-hybridized carbons (Fsp3) is 0.667. The van der Waals surface area contributed by atoms with Gasteiger partial charge < -0.3 is 0 Å². The highest BCUT2D eigenvalue weighted by Crippen LogP contribution is 2.50. The summed E-state index contributed by atoms with van der Waals surface area (Å²) in [5.41, 5.74) is 1.75. The van der Waals surface area contributed by atoms with E-state index in [1.165, 1.54) is 22.9 Å². The highest BCUT2D eigenvalue weighted by atomic mass is 79.9. The van der Waals surface area contributed by atoms with Crippen molar-refractivity contribution in [2.24, 2.45) is 5.41 Å². The van der Waals surface area contributed by atoms with Gasteiger partial charge in [0.15, 0.2) is 0 Å². The minimum Gasteiger partial charge on any atom is -0.235 e. The second-order valence-corrected chi connectivity index (χ2v) is 6.32. The number of aryl methyl sites for hydroxylation is 1. The number of hydrogen-bond acceptors (Lipinski definition) is 3. The molecule has 1 aromatic rings. The zero-order valence-electron chi connectivity index (χ0n) is 7.55. The average Bonchev–Trinajstić information content (AvgIpc) is 2.81. The first-order valence-corrected chi connectivity index (χ1v) is 7.34. The molecular weight excluding hydrogens is 266 g/mol. The van der Waals surface area contributed by atoms with E-state index in [-0.39, 0.29) is 0 Å². The van der Waals surface area contributed by atoms with Crippen LogP contribution in [-0.4, -0.2) is 16.1 Å². The van der Waals surface area contributed by atoms with Crippen LogP contribution in [0.2, 0.25) is 0 Å². The molecule has 0 spiro atoms. The van der Waals surface area contributed by atoms with Crippen molar-refractivity contribution in [3.8, 4) is 0 Å². The van der Waals surface area contributed by atoms with Crippen LogP contribution in [0.5, 0.6) is 0 Å². The fourth-order valence-corrected chi connectivity index (χ4v) is 4.27. The molecule has 13 heavy (non-hydrogen) atoms. The molecule has 0 amide bonds. The molecule has 4 heteroatoms. The highest BCUT2D eigenvalue weighted by molar-refractivity contribution is 9.09. The normalized spacial score (nSPS) is 18.9. The Morgan fingerprint density at radius 3 is 2.92 bits per heavy atom. The molecule has 1 saturated carbocycles. The minimum atomic E-state index is 0.601. The molecule has 1 aliphatic rings. The van der Waals surface area contributed by atoms with E-state index in [1.54, 1.807) is 11.3 Å². The number of hydrogen-bond donors (Lipinski definition) is 0. The second-order valence-electron chi connectivity index (χ2n) is 3.68. The number of thiazole rings is 1. The lowest BCUT2D eigenvalue weighted by atomic mass is 10.2. The van der Waals surface area contributed by atoms with Gasteiger partial charge in [-0.3, -0.25) is 0 Å². The quantitative estimate of drug-likeness (QED) is 0.615. The van der Waals surface area contributed by atoms with Gasteiger partial charge in [0, 0.05) is 22.2 Å². The van der Waals surface area contributed by atoms with E-state index in [2.05, 4.69) is 33.2 Å². The number of alkyl halides is 1. The van der Waals surface area contributed by atoms with E-state index in [1.807, 2.05) is 11.8 Å². The zero-order valence-corrected chi connectivity index (χ0v) is 10.8. The largest absolute Gasteiger partial charge is 0.235 e. The van der Waals surface area contributed by atoms with Crippen molar-refractivity contribution >= 4 is 39.0 Å². The van der Waals surface area contributed by atoms with Gasteiger partial charge >= 0.3 is 0 Å². The monoisotopic (exact) mass is 277 g/mol. The highest BCUT2D eigenvalue weighted by Gasteiger charge is 2.41. The summed E-state index contributed by atoms with van der Waals surface area (Å²) in [5.74, 6) is 1.23. The Bertz CT molecular complexity index is 294. The van der Waals surface area contributed by atoms with Gasteiger partial charge in [-0.05, 0) is 25.2 Å². The molecule has 72 valence electrons. The summed E-state index contributed by atoms with van der Waals surface area (Å²) in [6.45, 7) is 2.05. The van der Waals surface area contributed by atoms with Gasteiger partial charge in [-0.2, -0.15) is 0 Å². The number of nitrogens with zero attached hydrogens (tertiary/aromatic N) is 1. The van der Waals surface area contributed by atoms with Gasteiger partial charge in [0.25, 0.3) is 0 Å². The summed E-state index contributed by atoms with van der Waals surface area (Å²) in [7, 11) is 0. The predicted octanol–water partition coefficient (Wildman–Crippen LogP) is 3.72. The van der Waals surface area contributed by atoms with Crippen LogP contribution in [0.3, 0.4) is 0 Å². The van der Waals surface area contributed by atoms with Crippen LogP contribution in [0.4, 0.5) is 0 Å². The third kappa shape index (κ3) is 2.48. The summed E-state index contributed by atoms with van der Waals surface area (Å²) < 4.78 is 1.23. The molecular formula is C9H12BrNS2. The van der Waals surface area contributed by atoms with Crippen molar-refractivity contribution in [1.29, 1.82) is 0 Å². The lowest BCUT2D eigenvalue weighted by Crippen LogP contribution is -2.04. The third-order valence-corrected chi connectivity index (χ3v) is 6.02. The van der Waals surface area contributed by atoms with Crippen LogP contribution in [0.15, 0.2) is 9.72 Å². The van der Waals surface area contributed by atoms with Crippen LogP contribution in [0.25, 0.3) is 0 Å². The van der Waals surface area contributed by atoms with Crippen LogP contribution >= 0.6 is 39.0 Å². The Morgan fingerprint density at radius 2 is 2.46 bits per heavy atom. The van der Waals surface area contributed by atoms with Gasteiger partial charge in [-0.15, -0.1) is 11.3 Å². The van der Waals surface area contributed by atoms with Crippen LogP contribution in [0.1, 0.15) is 18.5 Å². The Kier molecular flexibility index (Phi) is 3.01. The van der Waals surface area contributed by atoms with Gasteiger partial charge in [-0.1, -0.05) is 27.7 Å². The van der Waals surface area contributed by atoms with Gasteiger partial charge in [-0.25, -0.2) is 4.98 Å². The maximum atomic E-state index is 4.44. The summed E-state index contributed by atoms with van der Waals surface area (Å²) in [5, 5.41) is 3.27. The maximum absolute atomic E-state index is 4.44. The molecule has 0 aromatic carbocycles. The molecule has 1 nitrogen and oxygen atoms in total. The van der Waals surface area contributed by atoms with Crippen molar-refractivity contribution in [3.05, 3.63) is 11.1 Å². The van der Waals surface area contributed by atoms with E-state index >= 15 is 0 Å². The van der Waals surface area contributed by atoms with Gasteiger partial charge in [0.05, 0.1) is 0 Å². The van der Waals surface area contributed by atoms with Crippen molar-refractivity contribution in [2.45, 2.75) is 24.1 Å². The maximum Gasteiger partial charge on any atom is 0.150 e. The molecule has 0 saturated heterocycles. The first-order valence-electron chi connectivity index (χ1n) is 4.35. The van der Waals surface area contributed by atoms with Crippen molar-refractivity contribution in [3.63, 3.8) is 0 Å². The standard InChI is InChI=1S/C9H12BrNS2/c1-7-4-12-8(11-7)13-6-9(5-10)2-3-9/h4H,2-3,5-6H2,1H3. The van der Waals surface area contributed by atoms with E-state index in [0.717, 1.165) is 11.0 Å². The van der Waals surface area contributed by atoms with Gasteiger partial charge in [0.2, 0.25) is 0 Å². The first-order chi connectivity index (χ1) is 6.24. The smallest absolute Gasteiger partial charge is 0.150 e. The molecule has 0 atom stereocenters. The molecule has 0 N–H and O–H groups in total. The molecule has 0 radical (unpaired) electrons. The molecule has 1 aliphatic carbocycles. The predicted molar refractivity (Wildman–Crippen MR) is 63.0 cm³/mol. The molecule has 2 rings (SSSR count). The average molecular weight is 278 g/mol. The zero-order chi connectivity index (χ0) is 9.31. The fourth-order valence-electron chi connectivity index (χ4n) is 1.11. The number of rotatable bonds is 4. The molecule has 1 heterocycles. The number of thioether (sulfide) groups is 1. The Labute approximate surface area is 95.5 Å². The number of halogens is 1. The summed E-state index contributed by atoms with van der Waals surface area (Å²) in [6, 6.07) is 0. The van der Waals surface area contributed by atoms with Crippen molar-refractivity contribution in [2.75, 3.05) is 11.1 Å². The van der Waals surface area contributed by atoms with Crippen LogP contribution < -0.4 is 0 Å². The lowest BCUT2D eigenvalue weighted by Gasteiger charge is -2.07. The van der Waals surface area contributed by atoms with Crippen LogP contribution in [0, 0.1) is 12.3 Å². The molecule has 0 unspecified atom stereocenters. The second kappa shape index (κ2) is 3.91. The lowest BCUT2D eigenvalue weighted by molar-refractivity contribution is 0.686. The van der Waals surface area contributed by atoms with E-state index in [9.17, 15) is 0 Å². The van der Waals surface area contributed by atoms with Crippen LogP contribution in [-0.2, 0) is 0 Å². The van der Waals surface area contributed by atoms with Gasteiger partial charge in [0.1, 0.15) is 4.34 Å². The summed E-state index contributed by atoms with van der Waals surface area (Å²) >= 11 is 7.26. The topological polar surface area (TPSA) is 12.9 Å². The van der Waals surface area contributed by atoms with E-state index in [0.29, 0.717) is 5.41 Å².